The molecule has 1 fully saturated rings. The number of aromatic nitrogens is 2. The monoisotopic (exact) mass is 589 g/mol. The van der Waals surface area contributed by atoms with Crippen LogP contribution in [0.25, 0.3) is 5.69 Å². The molecule has 2 aromatic heterocycles. The van der Waals surface area contributed by atoms with E-state index in [1.807, 2.05) is 61.5 Å². The fourth-order valence-corrected chi connectivity index (χ4v) is 5.93. The molecule has 10 heteroatoms. The number of halogens is 1. The van der Waals surface area contributed by atoms with Crippen LogP contribution in [0.3, 0.4) is 0 Å². The Morgan fingerprint density at radius 1 is 1.07 bits per heavy atom. The number of thiocarbonyl (C=S) groups is 1. The summed E-state index contributed by atoms with van der Waals surface area (Å²) in [6.45, 7) is 5.95. The molecule has 0 radical (unpaired) electrons. The first-order chi connectivity index (χ1) is 19.8. The lowest BCUT2D eigenvalue weighted by molar-refractivity contribution is -0.115. The first-order valence-electron chi connectivity index (χ1n) is 13.3. The largest absolute Gasteiger partial charge is 0.495 e. The number of benzene rings is 2. The van der Waals surface area contributed by atoms with Crippen molar-refractivity contribution in [2.75, 3.05) is 24.4 Å². The van der Waals surface area contributed by atoms with Crippen LogP contribution < -0.4 is 25.0 Å². The van der Waals surface area contributed by atoms with Crippen LogP contribution in [0.5, 0.6) is 11.5 Å². The van der Waals surface area contributed by atoms with Gasteiger partial charge < -0.3 is 29.6 Å². The highest BCUT2D eigenvalue weighted by atomic mass is 35.5. The van der Waals surface area contributed by atoms with Gasteiger partial charge in [0.1, 0.15) is 11.5 Å². The number of carbonyl (C=O) groups is 1. The molecule has 1 aliphatic rings. The van der Waals surface area contributed by atoms with Gasteiger partial charge in [0.15, 0.2) is 5.11 Å². The van der Waals surface area contributed by atoms with Crippen molar-refractivity contribution in [3.63, 3.8) is 0 Å². The predicted octanol–water partition coefficient (Wildman–Crippen LogP) is 6.69. The van der Waals surface area contributed by atoms with E-state index in [1.165, 1.54) is 0 Å². The number of aryl methyl sites for hydroxylation is 1. The normalized spacial score (nSPS) is 16.4. The van der Waals surface area contributed by atoms with Gasteiger partial charge in [-0.3, -0.25) is 9.78 Å². The molecule has 0 saturated carbocycles. The topological polar surface area (TPSA) is 80.7 Å². The second kappa shape index (κ2) is 11.8. The third kappa shape index (κ3) is 5.35. The van der Waals surface area contributed by atoms with Gasteiger partial charge in [-0.05, 0) is 80.2 Å². The lowest BCUT2D eigenvalue weighted by atomic mass is 9.96. The van der Waals surface area contributed by atoms with Crippen molar-refractivity contribution in [1.82, 2.24) is 14.9 Å². The fraction of sp³-hybridized carbons (Fsp3) is 0.258. The number of anilines is 2. The molecule has 41 heavy (non-hydrogen) atoms. The molecule has 1 amide bonds. The Bertz CT molecular complexity index is 1610. The van der Waals surface area contributed by atoms with E-state index in [4.69, 9.17) is 33.3 Å². The number of amides is 1. The minimum atomic E-state index is -0.247. The molecule has 2 atom stereocenters. The Hall–Kier alpha value is -4.08. The summed E-state index contributed by atoms with van der Waals surface area (Å²) in [5.74, 6) is 1.17. The zero-order chi connectivity index (χ0) is 29.3. The Morgan fingerprint density at radius 2 is 1.85 bits per heavy atom. The molecule has 2 aromatic carbocycles. The number of pyridine rings is 1. The fourth-order valence-electron chi connectivity index (χ4n) is 5.42. The predicted molar refractivity (Wildman–Crippen MR) is 167 cm³/mol. The summed E-state index contributed by atoms with van der Waals surface area (Å²) in [5.41, 5.74) is 6.25. The molecular weight excluding hydrogens is 558 g/mol. The number of rotatable bonds is 8. The molecule has 212 valence electrons. The number of hydrogen-bond donors (Lipinski definition) is 2. The molecule has 3 heterocycles. The summed E-state index contributed by atoms with van der Waals surface area (Å²) >= 11 is 12.4. The maximum atomic E-state index is 12.1. The first kappa shape index (κ1) is 28.4. The molecule has 8 nitrogen and oxygen atoms in total. The minimum Gasteiger partial charge on any atom is -0.495 e. The van der Waals surface area contributed by atoms with Crippen LogP contribution in [0.1, 0.15) is 48.1 Å². The van der Waals surface area contributed by atoms with Crippen molar-refractivity contribution >= 4 is 46.2 Å². The number of methoxy groups -OCH3 is 2. The van der Waals surface area contributed by atoms with Crippen LogP contribution in [0.2, 0.25) is 5.02 Å². The van der Waals surface area contributed by atoms with Gasteiger partial charge in [0.25, 0.3) is 0 Å². The molecule has 2 unspecified atom stereocenters. The summed E-state index contributed by atoms with van der Waals surface area (Å²) in [5, 5.41) is 7.60. The summed E-state index contributed by atoms with van der Waals surface area (Å²) in [4.78, 5) is 18.9. The Labute approximate surface area is 250 Å². The van der Waals surface area contributed by atoms with Crippen LogP contribution in [0.4, 0.5) is 11.4 Å². The Morgan fingerprint density at radius 3 is 2.54 bits per heavy atom. The van der Waals surface area contributed by atoms with Gasteiger partial charge in [-0.1, -0.05) is 24.6 Å². The molecule has 2 N–H and O–H groups in total. The molecule has 1 aliphatic heterocycles. The number of ether oxygens (including phenoxy) is 2. The highest BCUT2D eigenvalue weighted by molar-refractivity contribution is 7.80. The van der Waals surface area contributed by atoms with Crippen LogP contribution in [0.15, 0.2) is 66.9 Å². The van der Waals surface area contributed by atoms with Gasteiger partial charge in [0, 0.05) is 40.8 Å². The second-order valence-corrected chi connectivity index (χ2v) is 10.6. The Balaban J connectivity index is 1.67. The second-order valence-electron chi connectivity index (χ2n) is 9.76. The lowest BCUT2D eigenvalue weighted by Crippen LogP contribution is -2.29. The molecule has 0 spiro atoms. The zero-order valence-corrected chi connectivity index (χ0v) is 25.1. The van der Waals surface area contributed by atoms with Gasteiger partial charge in [-0.15, -0.1) is 0 Å². The van der Waals surface area contributed by atoms with Crippen LogP contribution in [-0.2, 0) is 4.79 Å². The van der Waals surface area contributed by atoms with E-state index in [0.29, 0.717) is 28.0 Å². The molecule has 5 rings (SSSR count). The molecular formula is C31H32ClN5O3S. The maximum Gasteiger partial charge on any atom is 0.224 e. The standard InChI is InChI=1S/C31H32ClN5O3S/c1-6-28(38)34-23-12-11-21(17-27(23)40-5)37-30(29(35-31(37)41)24-9-7-8-14-33-24)22-15-18(2)36(19(22)3)25-16-20(32)10-13-26(25)39-4/h7-17,29-30H,6H2,1-5H3,(H,34,38)(H,35,41). The van der Waals surface area contributed by atoms with Gasteiger partial charge in [-0.2, -0.15) is 0 Å². The summed E-state index contributed by atoms with van der Waals surface area (Å²) in [6.07, 6.45) is 2.15. The van der Waals surface area contributed by atoms with Crippen molar-refractivity contribution in [2.45, 2.75) is 39.3 Å². The molecule has 0 aliphatic carbocycles. The van der Waals surface area contributed by atoms with Crippen molar-refractivity contribution in [1.29, 1.82) is 0 Å². The van der Waals surface area contributed by atoms with E-state index in [2.05, 4.69) is 45.0 Å². The van der Waals surface area contributed by atoms with E-state index in [9.17, 15) is 4.79 Å². The average molecular weight is 590 g/mol. The minimum absolute atomic E-state index is 0.0913. The van der Waals surface area contributed by atoms with E-state index in [1.54, 1.807) is 20.4 Å². The highest BCUT2D eigenvalue weighted by Gasteiger charge is 2.42. The van der Waals surface area contributed by atoms with Crippen molar-refractivity contribution in [2.24, 2.45) is 0 Å². The van der Waals surface area contributed by atoms with Crippen LogP contribution >= 0.6 is 23.8 Å². The van der Waals surface area contributed by atoms with Gasteiger partial charge >= 0.3 is 0 Å². The third-order valence-electron chi connectivity index (χ3n) is 7.33. The van der Waals surface area contributed by atoms with Gasteiger partial charge in [0.05, 0.1) is 43.4 Å². The van der Waals surface area contributed by atoms with Gasteiger partial charge in [0.2, 0.25) is 5.91 Å². The average Bonchev–Trinajstić information content (AvgIpc) is 3.48. The van der Waals surface area contributed by atoms with Crippen molar-refractivity contribution in [3.8, 4) is 17.2 Å². The maximum absolute atomic E-state index is 12.1. The van der Waals surface area contributed by atoms with Crippen molar-refractivity contribution in [3.05, 3.63) is 94.5 Å². The number of nitrogens with one attached hydrogen (secondary N) is 2. The van der Waals surface area contributed by atoms with E-state index < -0.39 is 0 Å². The number of hydrogen-bond acceptors (Lipinski definition) is 5. The SMILES string of the molecule is CCC(=O)Nc1ccc(N2C(=S)NC(c3ccccn3)C2c2cc(C)n(-c3cc(Cl)ccc3OC)c2C)cc1OC. The highest BCUT2D eigenvalue weighted by Crippen LogP contribution is 2.45. The van der Waals surface area contributed by atoms with Crippen LogP contribution in [-0.4, -0.2) is 34.8 Å². The van der Waals surface area contributed by atoms with Crippen LogP contribution in [0, 0.1) is 13.8 Å². The van der Waals surface area contributed by atoms with E-state index in [-0.39, 0.29) is 18.0 Å². The lowest BCUT2D eigenvalue weighted by Gasteiger charge is -2.29. The number of nitrogens with zero attached hydrogens (tertiary/aromatic N) is 3. The number of carbonyl (C=O) groups excluding carboxylic acids is 1. The molecule has 0 bridgehead atoms. The summed E-state index contributed by atoms with van der Waals surface area (Å²) in [6, 6.07) is 18.8. The third-order valence-corrected chi connectivity index (χ3v) is 7.88. The summed E-state index contributed by atoms with van der Waals surface area (Å²) < 4.78 is 13.5. The Kier molecular flexibility index (Phi) is 8.19. The summed E-state index contributed by atoms with van der Waals surface area (Å²) in [7, 11) is 3.24. The molecule has 4 aromatic rings. The van der Waals surface area contributed by atoms with Gasteiger partial charge in [-0.25, -0.2) is 0 Å². The van der Waals surface area contributed by atoms with Crippen molar-refractivity contribution < 1.29 is 14.3 Å². The molecule has 1 saturated heterocycles. The first-order valence-corrected chi connectivity index (χ1v) is 14.1. The van der Waals surface area contributed by atoms with E-state index >= 15 is 0 Å². The zero-order valence-electron chi connectivity index (χ0n) is 23.6. The quantitative estimate of drug-likeness (QED) is 0.222. The van der Waals surface area contributed by atoms with E-state index in [0.717, 1.165) is 39.8 Å². The smallest absolute Gasteiger partial charge is 0.224 e.